The number of nitrogens with one attached hydrogen (secondary N) is 1. The van der Waals surface area contributed by atoms with Gasteiger partial charge >= 0.3 is 5.97 Å². The van der Waals surface area contributed by atoms with E-state index in [1.807, 2.05) is 6.20 Å². The van der Waals surface area contributed by atoms with Gasteiger partial charge in [-0.1, -0.05) is 0 Å². The number of carboxylic acid groups (broad SMARTS) is 1. The first-order valence-corrected chi connectivity index (χ1v) is 11.4. The van der Waals surface area contributed by atoms with Gasteiger partial charge in [0.2, 0.25) is 0 Å². The smallest absolute Gasteiger partial charge is 0.303 e. The summed E-state index contributed by atoms with van der Waals surface area (Å²) in [6.45, 7) is 8.29. The number of hydrogen-bond donors (Lipinski definition) is 2. The van der Waals surface area contributed by atoms with E-state index >= 15 is 0 Å². The summed E-state index contributed by atoms with van der Waals surface area (Å²) in [4.78, 5) is 21.7. The first kappa shape index (κ1) is 22.2. The standard InChI is InChI=1S/C26H33N3O3/c1-16-11-21(32-4)12-17(2)22(16)13-20-14-23(25-18(3)15-27-26(25)28-20)29-9-7-19(8-10-29)5-6-24(30)31/h11-12,14-15,19H,5-10,13H2,1-4H3,(H,27,28)(H,30,31). The van der Waals surface area contributed by atoms with Gasteiger partial charge in [0.05, 0.1) is 7.11 Å². The fourth-order valence-corrected chi connectivity index (χ4v) is 4.99. The van der Waals surface area contributed by atoms with Crippen LogP contribution in [-0.4, -0.2) is 41.2 Å². The van der Waals surface area contributed by atoms with Gasteiger partial charge in [0, 0.05) is 48.9 Å². The van der Waals surface area contributed by atoms with Crippen LogP contribution in [0.5, 0.6) is 5.75 Å². The Morgan fingerprint density at radius 3 is 2.47 bits per heavy atom. The Bertz CT molecular complexity index is 1100. The summed E-state index contributed by atoms with van der Waals surface area (Å²) in [6, 6.07) is 6.43. The van der Waals surface area contributed by atoms with Crippen LogP contribution in [0, 0.1) is 26.7 Å². The predicted molar refractivity (Wildman–Crippen MR) is 128 cm³/mol. The lowest BCUT2D eigenvalue weighted by atomic mass is 9.91. The van der Waals surface area contributed by atoms with Crippen molar-refractivity contribution in [1.29, 1.82) is 0 Å². The number of aromatic amines is 1. The maximum atomic E-state index is 10.9. The first-order valence-electron chi connectivity index (χ1n) is 11.4. The maximum absolute atomic E-state index is 10.9. The third-order valence-corrected chi connectivity index (χ3v) is 6.86. The average Bonchev–Trinajstić information content (AvgIpc) is 3.15. The molecule has 1 saturated heterocycles. The number of aromatic nitrogens is 2. The summed E-state index contributed by atoms with van der Waals surface area (Å²) in [5, 5.41) is 10.2. The van der Waals surface area contributed by atoms with Gasteiger partial charge in [-0.25, -0.2) is 4.98 Å². The zero-order chi connectivity index (χ0) is 22.8. The Balaban J connectivity index is 1.62. The molecule has 3 aromatic rings. The molecule has 0 radical (unpaired) electrons. The quantitative estimate of drug-likeness (QED) is 0.535. The van der Waals surface area contributed by atoms with Crippen molar-refractivity contribution >= 4 is 22.7 Å². The van der Waals surface area contributed by atoms with Gasteiger partial charge in [-0.05, 0) is 86.4 Å². The van der Waals surface area contributed by atoms with E-state index in [1.54, 1.807) is 7.11 Å². The van der Waals surface area contributed by atoms with E-state index in [9.17, 15) is 4.79 Å². The molecular formula is C26H33N3O3. The molecule has 2 aromatic heterocycles. The Hall–Kier alpha value is -3.02. The average molecular weight is 436 g/mol. The fourth-order valence-electron chi connectivity index (χ4n) is 4.99. The number of benzene rings is 1. The Morgan fingerprint density at radius 1 is 1.16 bits per heavy atom. The lowest BCUT2D eigenvalue weighted by molar-refractivity contribution is -0.137. The van der Waals surface area contributed by atoms with E-state index in [2.05, 4.69) is 48.9 Å². The van der Waals surface area contributed by atoms with Crippen LogP contribution in [0.25, 0.3) is 11.0 Å². The minimum absolute atomic E-state index is 0.270. The number of fused-ring (bicyclic) bond motifs is 1. The minimum atomic E-state index is -0.694. The van der Waals surface area contributed by atoms with Gasteiger partial charge in [0.15, 0.2) is 0 Å². The largest absolute Gasteiger partial charge is 0.497 e. The number of piperidine rings is 1. The number of carbonyl (C=O) groups is 1. The third kappa shape index (κ3) is 4.59. The number of hydrogen-bond acceptors (Lipinski definition) is 4. The summed E-state index contributed by atoms with van der Waals surface area (Å²) >= 11 is 0. The van der Waals surface area contributed by atoms with Crippen LogP contribution in [0.15, 0.2) is 24.4 Å². The molecule has 6 nitrogen and oxygen atoms in total. The number of aliphatic carboxylic acids is 1. The molecule has 4 rings (SSSR count). The fraction of sp³-hybridized carbons (Fsp3) is 0.462. The summed E-state index contributed by atoms with van der Waals surface area (Å²) in [6.07, 6.45) is 5.93. The van der Waals surface area contributed by atoms with Crippen molar-refractivity contribution < 1.29 is 14.6 Å². The maximum Gasteiger partial charge on any atom is 0.303 e. The molecule has 0 bridgehead atoms. The molecule has 0 atom stereocenters. The molecule has 170 valence electrons. The lowest BCUT2D eigenvalue weighted by Gasteiger charge is -2.34. The highest BCUT2D eigenvalue weighted by molar-refractivity contribution is 5.93. The third-order valence-electron chi connectivity index (χ3n) is 6.86. The van der Waals surface area contributed by atoms with E-state index < -0.39 is 5.97 Å². The van der Waals surface area contributed by atoms with Crippen LogP contribution in [-0.2, 0) is 11.2 Å². The van der Waals surface area contributed by atoms with Crippen molar-refractivity contribution in [2.75, 3.05) is 25.1 Å². The number of pyridine rings is 1. The molecule has 0 aliphatic carbocycles. The highest BCUT2D eigenvalue weighted by Gasteiger charge is 2.23. The number of aryl methyl sites for hydroxylation is 3. The topological polar surface area (TPSA) is 78.5 Å². The van der Waals surface area contributed by atoms with Gasteiger partial charge < -0.3 is 19.7 Å². The predicted octanol–water partition coefficient (Wildman–Crippen LogP) is 5.17. The SMILES string of the molecule is COc1cc(C)c(Cc2cc(N3CCC(CCC(=O)O)CC3)c3c(C)c[nH]c3n2)c(C)c1. The van der Waals surface area contributed by atoms with Crippen molar-refractivity contribution in [2.45, 2.75) is 52.9 Å². The summed E-state index contributed by atoms with van der Waals surface area (Å²) in [5.41, 5.74) is 8.16. The van der Waals surface area contributed by atoms with Gasteiger partial charge in [-0.15, -0.1) is 0 Å². The molecule has 0 unspecified atom stereocenters. The molecule has 0 spiro atoms. The molecule has 1 aliphatic heterocycles. The van der Waals surface area contributed by atoms with Crippen LogP contribution in [0.4, 0.5) is 5.69 Å². The molecular weight excluding hydrogens is 402 g/mol. The molecule has 1 fully saturated rings. The molecule has 3 heterocycles. The second kappa shape index (κ2) is 9.23. The molecule has 0 amide bonds. The number of methoxy groups -OCH3 is 1. The highest BCUT2D eigenvalue weighted by Crippen LogP contribution is 2.34. The number of carboxylic acids is 1. The van der Waals surface area contributed by atoms with Crippen LogP contribution >= 0.6 is 0 Å². The summed E-state index contributed by atoms with van der Waals surface area (Å²) in [5.74, 6) is 0.690. The van der Waals surface area contributed by atoms with Gasteiger partial charge in [-0.3, -0.25) is 4.79 Å². The molecule has 0 saturated carbocycles. The number of anilines is 1. The van der Waals surface area contributed by atoms with Crippen molar-refractivity contribution in [3.63, 3.8) is 0 Å². The second-order valence-electron chi connectivity index (χ2n) is 9.11. The van der Waals surface area contributed by atoms with E-state index in [0.717, 1.165) is 55.9 Å². The number of ether oxygens (including phenoxy) is 1. The van der Waals surface area contributed by atoms with Gasteiger partial charge in [0.1, 0.15) is 11.4 Å². The van der Waals surface area contributed by atoms with Crippen molar-refractivity contribution in [2.24, 2.45) is 5.92 Å². The van der Waals surface area contributed by atoms with Crippen molar-refractivity contribution in [3.8, 4) is 5.75 Å². The zero-order valence-corrected chi connectivity index (χ0v) is 19.5. The zero-order valence-electron chi connectivity index (χ0n) is 19.5. The van der Waals surface area contributed by atoms with Gasteiger partial charge in [-0.2, -0.15) is 0 Å². The normalized spacial score (nSPS) is 14.8. The number of nitrogens with zero attached hydrogens (tertiary/aromatic N) is 2. The van der Waals surface area contributed by atoms with Crippen molar-refractivity contribution in [3.05, 3.63) is 52.3 Å². The Kier molecular flexibility index (Phi) is 6.40. The van der Waals surface area contributed by atoms with Crippen molar-refractivity contribution in [1.82, 2.24) is 9.97 Å². The molecule has 6 heteroatoms. The highest BCUT2D eigenvalue weighted by atomic mass is 16.5. The second-order valence-corrected chi connectivity index (χ2v) is 9.11. The van der Waals surface area contributed by atoms with Crippen LogP contribution in [0.1, 0.15) is 53.6 Å². The number of H-pyrrole nitrogens is 1. The minimum Gasteiger partial charge on any atom is -0.497 e. The van der Waals surface area contributed by atoms with E-state index in [0.29, 0.717) is 5.92 Å². The monoisotopic (exact) mass is 435 g/mol. The van der Waals surface area contributed by atoms with E-state index in [1.165, 1.54) is 33.3 Å². The molecule has 2 N–H and O–H groups in total. The lowest BCUT2D eigenvalue weighted by Crippen LogP contribution is -2.34. The van der Waals surface area contributed by atoms with E-state index in [4.69, 9.17) is 14.8 Å². The summed E-state index contributed by atoms with van der Waals surface area (Å²) in [7, 11) is 1.70. The van der Waals surface area contributed by atoms with Crippen LogP contribution in [0.3, 0.4) is 0 Å². The molecule has 1 aromatic carbocycles. The Labute approximate surface area is 189 Å². The van der Waals surface area contributed by atoms with E-state index in [-0.39, 0.29) is 6.42 Å². The molecule has 32 heavy (non-hydrogen) atoms. The van der Waals surface area contributed by atoms with Crippen LogP contribution < -0.4 is 9.64 Å². The Morgan fingerprint density at radius 2 is 1.84 bits per heavy atom. The molecule has 1 aliphatic rings. The first-order chi connectivity index (χ1) is 15.4. The number of rotatable bonds is 7. The van der Waals surface area contributed by atoms with Crippen LogP contribution in [0.2, 0.25) is 0 Å². The van der Waals surface area contributed by atoms with Gasteiger partial charge in [0.25, 0.3) is 0 Å². The summed E-state index contributed by atoms with van der Waals surface area (Å²) < 4.78 is 5.42.